The summed E-state index contributed by atoms with van der Waals surface area (Å²) in [5.74, 6) is 0.131. The first-order valence-electron chi connectivity index (χ1n) is 7.33. The maximum atomic E-state index is 11.7. The van der Waals surface area contributed by atoms with Gasteiger partial charge in [-0.25, -0.2) is 0 Å². The number of ether oxygens (including phenoxy) is 1. The molecule has 0 aromatic rings. The van der Waals surface area contributed by atoms with E-state index in [0.717, 1.165) is 39.3 Å². The van der Waals surface area contributed by atoms with Crippen LogP contribution in [0.4, 0.5) is 0 Å². The van der Waals surface area contributed by atoms with Crippen LogP contribution in [0.15, 0.2) is 0 Å². The molecule has 0 atom stereocenters. The predicted octanol–water partition coefficient (Wildman–Crippen LogP) is 0.554. The van der Waals surface area contributed by atoms with Gasteiger partial charge in [0.25, 0.3) is 0 Å². The summed E-state index contributed by atoms with van der Waals surface area (Å²) < 4.78 is 5.56. The smallest absolute Gasteiger partial charge is 0.234 e. The van der Waals surface area contributed by atoms with Gasteiger partial charge in [-0.15, -0.1) is 0 Å². The monoisotopic (exact) mass is 271 g/mol. The van der Waals surface area contributed by atoms with Crippen molar-refractivity contribution in [1.29, 1.82) is 0 Å². The first-order valence-corrected chi connectivity index (χ1v) is 7.33. The zero-order valence-corrected chi connectivity index (χ0v) is 12.8. The number of carbonyl (C=O) groups is 1. The van der Waals surface area contributed by atoms with E-state index in [2.05, 4.69) is 29.0 Å². The highest BCUT2D eigenvalue weighted by Crippen LogP contribution is 2.01. The Bertz CT molecular complexity index is 261. The van der Waals surface area contributed by atoms with Crippen LogP contribution >= 0.6 is 0 Å². The summed E-state index contributed by atoms with van der Waals surface area (Å²) in [5, 5.41) is 2.93. The van der Waals surface area contributed by atoms with Gasteiger partial charge in [-0.3, -0.25) is 14.6 Å². The third kappa shape index (κ3) is 7.50. The van der Waals surface area contributed by atoms with Crippen LogP contribution in [-0.2, 0) is 9.53 Å². The third-order valence-corrected chi connectivity index (χ3v) is 3.14. The molecule has 5 nitrogen and oxygen atoms in total. The van der Waals surface area contributed by atoms with Crippen LogP contribution in [-0.4, -0.2) is 73.7 Å². The minimum absolute atomic E-state index is 0.131. The van der Waals surface area contributed by atoms with Gasteiger partial charge in [0.2, 0.25) is 5.91 Å². The van der Waals surface area contributed by atoms with Crippen molar-refractivity contribution in [2.45, 2.75) is 39.8 Å². The molecule has 0 radical (unpaired) electrons. The lowest BCUT2D eigenvalue weighted by Crippen LogP contribution is -2.50. The van der Waals surface area contributed by atoms with Gasteiger partial charge in [-0.1, -0.05) is 0 Å². The molecular formula is C14H29N3O2. The van der Waals surface area contributed by atoms with Gasteiger partial charge in [0.05, 0.1) is 19.3 Å². The normalized spacial score (nSPS) is 18.2. The molecule has 0 aromatic carbocycles. The molecule has 112 valence electrons. The maximum absolute atomic E-state index is 11.7. The van der Waals surface area contributed by atoms with Crippen LogP contribution in [0, 0.1) is 0 Å². The van der Waals surface area contributed by atoms with Crippen molar-refractivity contribution in [2.24, 2.45) is 0 Å². The Labute approximate surface area is 117 Å². The van der Waals surface area contributed by atoms with Crippen molar-refractivity contribution in [1.82, 2.24) is 15.1 Å². The molecule has 0 aromatic heterocycles. The zero-order valence-electron chi connectivity index (χ0n) is 12.8. The van der Waals surface area contributed by atoms with E-state index in [-0.39, 0.29) is 11.9 Å². The van der Waals surface area contributed by atoms with Crippen molar-refractivity contribution in [3.63, 3.8) is 0 Å². The van der Waals surface area contributed by atoms with Gasteiger partial charge in [0, 0.05) is 38.8 Å². The molecule has 0 saturated carbocycles. The summed E-state index contributed by atoms with van der Waals surface area (Å²) in [4.78, 5) is 16.3. The molecular weight excluding hydrogens is 242 g/mol. The van der Waals surface area contributed by atoms with E-state index in [9.17, 15) is 4.79 Å². The number of hydrogen-bond donors (Lipinski definition) is 1. The summed E-state index contributed by atoms with van der Waals surface area (Å²) in [6, 6.07) is 0.224. The van der Waals surface area contributed by atoms with E-state index in [4.69, 9.17) is 4.74 Å². The molecule has 1 fully saturated rings. The van der Waals surface area contributed by atoms with Crippen molar-refractivity contribution < 1.29 is 9.53 Å². The highest BCUT2D eigenvalue weighted by molar-refractivity contribution is 5.78. The van der Waals surface area contributed by atoms with Crippen LogP contribution in [0.1, 0.15) is 27.7 Å². The van der Waals surface area contributed by atoms with E-state index < -0.39 is 0 Å². The predicted molar refractivity (Wildman–Crippen MR) is 77.2 cm³/mol. The molecule has 1 rings (SSSR count). The van der Waals surface area contributed by atoms with Crippen LogP contribution in [0.25, 0.3) is 0 Å². The average molecular weight is 271 g/mol. The molecule has 1 aliphatic rings. The highest BCUT2D eigenvalue weighted by atomic mass is 16.5. The van der Waals surface area contributed by atoms with Gasteiger partial charge in [-0.2, -0.15) is 0 Å². The summed E-state index contributed by atoms with van der Waals surface area (Å²) in [6.45, 7) is 14.4. The molecule has 0 unspecified atom stereocenters. The fraction of sp³-hybridized carbons (Fsp3) is 0.929. The Hall–Kier alpha value is -0.650. The van der Waals surface area contributed by atoms with Crippen LogP contribution in [0.5, 0.6) is 0 Å². The molecule has 1 amide bonds. The molecule has 1 aliphatic heterocycles. The second-order valence-electron chi connectivity index (χ2n) is 5.76. The number of rotatable bonds is 7. The minimum Gasteiger partial charge on any atom is -0.377 e. The Morgan fingerprint density at radius 3 is 2.21 bits per heavy atom. The fourth-order valence-electron chi connectivity index (χ4n) is 2.16. The molecule has 1 N–H and O–H groups in total. The van der Waals surface area contributed by atoms with E-state index in [1.54, 1.807) is 0 Å². The number of piperazine rings is 1. The SMILES string of the molecule is CC(C)NC(=O)CN1CCN(CCOC(C)C)CC1. The largest absolute Gasteiger partial charge is 0.377 e. The molecule has 1 heterocycles. The highest BCUT2D eigenvalue weighted by Gasteiger charge is 2.18. The summed E-state index contributed by atoms with van der Waals surface area (Å²) in [7, 11) is 0. The van der Waals surface area contributed by atoms with Gasteiger partial charge >= 0.3 is 0 Å². The second-order valence-corrected chi connectivity index (χ2v) is 5.76. The summed E-state index contributed by atoms with van der Waals surface area (Å²) >= 11 is 0. The van der Waals surface area contributed by atoms with E-state index in [1.165, 1.54) is 0 Å². The van der Waals surface area contributed by atoms with Crippen molar-refractivity contribution in [3.05, 3.63) is 0 Å². The molecule has 0 spiro atoms. The number of nitrogens with one attached hydrogen (secondary N) is 1. The summed E-state index contributed by atoms with van der Waals surface area (Å²) in [6.07, 6.45) is 0.306. The van der Waals surface area contributed by atoms with Gasteiger partial charge < -0.3 is 10.1 Å². The van der Waals surface area contributed by atoms with E-state index >= 15 is 0 Å². The van der Waals surface area contributed by atoms with Crippen molar-refractivity contribution in [3.8, 4) is 0 Å². The number of nitrogens with zero attached hydrogens (tertiary/aromatic N) is 2. The van der Waals surface area contributed by atoms with Gasteiger partial charge in [0.15, 0.2) is 0 Å². The lowest BCUT2D eigenvalue weighted by atomic mass is 10.3. The topological polar surface area (TPSA) is 44.8 Å². The van der Waals surface area contributed by atoms with Crippen LogP contribution in [0.2, 0.25) is 0 Å². The lowest BCUT2D eigenvalue weighted by molar-refractivity contribution is -0.123. The number of carbonyl (C=O) groups excluding carboxylic acids is 1. The summed E-state index contributed by atoms with van der Waals surface area (Å²) in [5.41, 5.74) is 0. The molecule has 19 heavy (non-hydrogen) atoms. The second kappa shape index (κ2) is 8.51. The maximum Gasteiger partial charge on any atom is 0.234 e. The molecule has 0 bridgehead atoms. The Morgan fingerprint density at radius 2 is 1.68 bits per heavy atom. The van der Waals surface area contributed by atoms with Gasteiger partial charge in [-0.05, 0) is 27.7 Å². The Kier molecular flexibility index (Phi) is 7.34. The first-order chi connectivity index (χ1) is 8.97. The zero-order chi connectivity index (χ0) is 14.3. The quantitative estimate of drug-likeness (QED) is 0.735. The van der Waals surface area contributed by atoms with Crippen molar-refractivity contribution >= 4 is 5.91 Å². The minimum atomic E-state index is 0.131. The standard InChI is InChI=1S/C14H29N3O2/c1-12(2)15-14(18)11-17-7-5-16(6-8-17)9-10-19-13(3)4/h12-13H,5-11H2,1-4H3,(H,15,18). The van der Waals surface area contributed by atoms with Gasteiger partial charge in [0.1, 0.15) is 0 Å². The van der Waals surface area contributed by atoms with Crippen LogP contribution < -0.4 is 5.32 Å². The van der Waals surface area contributed by atoms with E-state index in [0.29, 0.717) is 12.6 Å². The lowest BCUT2D eigenvalue weighted by Gasteiger charge is -2.34. The van der Waals surface area contributed by atoms with E-state index in [1.807, 2.05) is 13.8 Å². The molecule has 1 saturated heterocycles. The van der Waals surface area contributed by atoms with Crippen molar-refractivity contribution in [2.75, 3.05) is 45.9 Å². The first kappa shape index (κ1) is 16.4. The van der Waals surface area contributed by atoms with Crippen LogP contribution in [0.3, 0.4) is 0 Å². The average Bonchev–Trinajstić information content (AvgIpc) is 2.29. The Balaban J connectivity index is 2.13. The fourth-order valence-corrected chi connectivity index (χ4v) is 2.16. The Morgan fingerprint density at radius 1 is 1.11 bits per heavy atom. The molecule has 0 aliphatic carbocycles. The molecule has 5 heteroatoms. The third-order valence-electron chi connectivity index (χ3n) is 3.14. The number of hydrogen-bond acceptors (Lipinski definition) is 4. The number of amides is 1.